The van der Waals surface area contributed by atoms with Gasteiger partial charge in [-0.2, -0.15) is 0 Å². The molecule has 0 aromatic heterocycles. The average molecular weight is 308 g/mol. The monoisotopic (exact) mass is 308 g/mol. The molecule has 1 fully saturated rings. The highest BCUT2D eigenvalue weighted by atomic mass is 16.6. The van der Waals surface area contributed by atoms with Crippen LogP contribution in [0.4, 0.5) is 10.5 Å². The van der Waals surface area contributed by atoms with Gasteiger partial charge in [0.25, 0.3) is 4.92 Å². The lowest BCUT2D eigenvalue weighted by molar-refractivity contribution is -0.729. The zero-order valence-corrected chi connectivity index (χ0v) is 12.7. The van der Waals surface area contributed by atoms with Crippen molar-refractivity contribution in [2.45, 2.75) is 19.3 Å². The first kappa shape index (κ1) is 16.2. The van der Waals surface area contributed by atoms with Gasteiger partial charge in [-0.05, 0) is 57.5 Å². The number of piperidine rings is 1. The van der Waals surface area contributed by atoms with Gasteiger partial charge in [0.05, 0.1) is 4.91 Å². The van der Waals surface area contributed by atoms with Gasteiger partial charge in [0.1, 0.15) is 5.75 Å². The summed E-state index contributed by atoms with van der Waals surface area (Å²) in [5.41, 5.74) is 0.0787. The fourth-order valence-corrected chi connectivity index (χ4v) is 2.51. The molecule has 1 aromatic rings. The minimum absolute atomic E-state index is 0.0787. The van der Waals surface area contributed by atoms with E-state index in [-0.39, 0.29) is 10.6 Å². The summed E-state index contributed by atoms with van der Waals surface area (Å²) in [7, 11) is 2.12. The summed E-state index contributed by atoms with van der Waals surface area (Å²) in [4.78, 5) is 24.4. The highest BCUT2D eigenvalue weighted by Gasteiger charge is 2.17. The first-order valence-electron chi connectivity index (χ1n) is 7.45. The number of likely N-dealkylation sites (tertiary alicyclic amines) is 1. The second-order valence-electron chi connectivity index (χ2n) is 5.62. The lowest BCUT2D eigenvalue weighted by Gasteiger charge is -2.28. The number of amides is 1. The van der Waals surface area contributed by atoms with Crippen molar-refractivity contribution in [3.8, 4) is 5.75 Å². The van der Waals surface area contributed by atoms with Crippen molar-refractivity contribution >= 4 is 11.8 Å². The number of hydrogen-bond donors (Lipinski definition) is 2. The van der Waals surface area contributed by atoms with Crippen LogP contribution in [0.5, 0.6) is 5.75 Å². The number of hydrogen-bond acceptors (Lipinski definition) is 4. The van der Waals surface area contributed by atoms with Gasteiger partial charge in [-0.15, -0.1) is 0 Å². The van der Waals surface area contributed by atoms with Crippen LogP contribution in [0.2, 0.25) is 0 Å². The number of nitrogens with zero attached hydrogens (tertiary/aromatic N) is 2. The minimum Gasteiger partial charge on any atom is -0.410 e. The number of rotatable bonds is 5. The Hall–Kier alpha value is -2.15. The van der Waals surface area contributed by atoms with Crippen LogP contribution in [-0.4, -0.2) is 47.8 Å². The van der Waals surface area contributed by atoms with Gasteiger partial charge < -0.3 is 15.0 Å². The van der Waals surface area contributed by atoms with E-state index in [0.29, 0.717) is 18.2 Å². The SMILES string of the molecule is CN1CCC(CCNC(=O)Oc2ccc([N+](=O)O)cc2)CC1. The van der Waals surface area contributed by atoms with Crippen molar-refractivity contribution in [2.24, 2.45) is 5.92 Å². The molecule has 7 heteroatoms. The van der Waals surface area contributed by atoms with Gasteiger partial charge >= 0.3 is 11.8 Å². The third-order valence-electron chi connectivity index (χ3n) is 3.93. The molecule has 0 radical (unpaired) electrons. The molecule has 0 unspecified atom stereocenters. The molecule has 2 rings (SSSR count). The molecule has 0 aliphatic carbocycles. The van der Waals surface area contributed by atoms with Crippen LogP contribution >= 0.6 is 0 Å². The van der Waals surface area contributed by atoms with Crippen LogP contribution in [0.15, 0.2) is 24.3 Å². The van der Waals surface area contributed by atoms with Crippen LogP contribution in [0.25, 0.3) is 0 Å². The lowest BCUT2D eigenvalue weighted by atomic mass is 9.94. The maximum absolute atomic E-state index is 11.7. The Balaban J connectivity index is 1.68. The van der Waals surface area contributed by atoms with Crippen molar-refractivity contribution in [3.05, 3.63) is 29.2 Å². The number of benzene rings is 1. The third-order valence-corrected chi connectivity index (χ3v) is 3.93. The second-order valence-corrected chi connectivity index (χ2v) is 5.62. The van der Waals surface area contributed by atoms with Crippen molar-refractivity contribution < 1.29 is 19.7 Å². The fraction of sp³-hybridized carbons (Fsp3) is 0.533. The smallest absolute Gasteiger partial charge is 0.410 e. The molecule has 1 aromatic carbocycles. The zero-order valence-electron chi connectivity index (χ0n) is 12.7. The Morgan fingerprint density at radius 2 is 2.00 bits per heavy atom. The molecule has 1 aliphatic rings. The Bertz CT molecular complexity index is 510. The molecule has 1 saturated heterocycles. The summed E-state index contributed by atoms with van der Waals surface area (Å²) >= 11 is 0. The molecule has 7 nitrogen and oxygen atoms in total. The maximum atomic E-state index is 11.7. The number of ether oxygens (including phenoxy) is 1. The van der Waals surface area contributed by atoms with Gasteiger partial charge in [-0.3, -0.25) is 0 Å². The first-order valence-corrected chi connectivity index (χ1v) is 7.45. The van der Waals surface area contributed by atoms with Crippen LogP contribution in [0.3, 0.4) is 0 Å². The average Bonchev–Trinajstić information content (AvgIpc) is 2.50. The van der Waals surface area contributed by atoms with E-state index in [2.05, 4.69) is 17.3 Å². The Morgan fingerprint density at radius 3 is 2.59 bits per heavy atom. The van der Waals surface area contributed by atoms with Crippen molar-refractivity contribution in [3.63, 3.8) is 0 Å². The molecule has 120 valence electrons. The van der Waals surface area contributed by atoms with E-state index in [1.165, 1.54) is 37.1 Å². The second kappa shape index (κ2) is 7.74. The summed E-state index contributed by atoms with van der Waals surface area (Å²) in [5.74, 6) is 0.978. The third kappa shape index (κ3) is 5.00. The zero-order chi connectivity index (χ0) is 15.9. The van der Waals surface area contributed by atoms with Gasteiger partial charge in [-0.1, -0.05) is 0 Å². The summed E-state index contributed by atoms with van der Waals surface area (Å²) in [6.07, 6.45) is 2.78. The van der Waals surface area contributed by atoms with E-state index >= 15 is 0 Å². The minimum atomic E-state index is -0.511. The lowest BCUT2D eigenvalue weighted by Crippen LogP contribution is -2.33. The maximum Gasteiger partial charge on any atom is 0.412 e. The van der Waals surface area contributed by atoms with Crippen LogP contribution in [0, 0.1) is 10.8 Å². The summed E-state index contributed by atoms with van der Waals surface area (Å²) < 4.78 is 5.10. The number of nitrogens with one attached hydrogen (secondary N) is 1. The molecule has 0 spiro atoms. The summed E-state index contributed by atoms with van der Waals surface area (Å²) in [6, 6.07) is 5.64. The molecule has 0 atom stereocenters. The van der Waals surface area contributed by atoms with Crippen molar-refractivity contribution in [1.82, 2.24) is 10.2 Å². The first-order chi connectivity index (χ1) is 10.5. The molecule has 2 N–H and O–H groups in total. The molecule has 0 bridgehead atoms. The van der Waals surface area contributed by atoms with Gasteiger partial charge in [0, 0.05) is 18.7 Å². The van der Waals surface area contributed by atoms with Crippen molar-refractivity contribution in [2.75, 3.05) is 26.7 Å². The van der Waals surface area contributed by atoms with E-state index in [0.717, 1.165) is 19.5 Å². The van der Waals surface area contributed by atoms with Crippen LogP contribution in [-0.2, 0) is 0 Å². The largest absolute Gasteiger partial charge is 0.412 e. The molecule has 0 saturated carbocycles. The van der Waals surface area contributed by atoms with Gasteiger partial charge in [0.15, 0.2) is 0 Å². The van der Waals surface area contributed by atoms with Gasteiger partial charge in [0.2, 0.25) is 0 Å². The van der Waals surface area contributed by atoms with Crippen LogP contribution in [0.1, 0.15) is 19.3 Å². The standard InChI is InChI=1S/C15H21N3O4/c1-17-10-7-12(8-11-17)6-9-16-15(19)22-14-4-2-13(3-5-14)18(20)21/h2-5,12H,6-11H2,1H3,(H-,16,19,20,21)/p+1. The summed E-state index contributed by atoms with van der Waals surface area (Å²) in [6.45, 7) is 2.82. The quantitative estimate of drug-likeness (QED) is 0.816. The van der Waals surface area contributed by atoms with E-state index in [9.17, 15) is 9.70 Å². The van der Waals surface area contributed by atoms with Crippen molar-refractivity contribution in [1.29, 1.82) is 0 Å². The number of carbonyl (C=O) groups is 1. The Morgan fingerprint density at radius 1 is 1.36 bits per heavy atom. The predicted molar refractivity (Wildman–Crippen MR) is 80.4 cm³/mol. The van der Waals surface area contributed by atoms with E-state index < -0.39 is 6.09 Å². The van der Waals surface area contributed by atoms with E-state index in [1.54, 1.807) is 0 Å². The number of carbonyl (C=O) groups excluding carboxylic acids is 1. The molecular formula is C15H22N3O4+. The topological polar surface area (TPSA) is 81.9 Å². The Labute approximate surface area is 129 Å². The molecular weight excluding hydrogens is 286 g/mol. The molecule has 22 heavy (non-hydrogen) atoms. The van der Waals surface area contributed by atoms with E-state index in [4.69, 9.17) is 9.94 Å². The van der Waals surface area contributed by atoms with E-state index in [1.807, 2.05) is 0 Å². The highest BCUT2D eigenvalue weighted by molar-refractivity contribution is 5.70. The predicted octanol–water partition coefficient (Wildman–Crippen LogP) is 2.31. The Kier molecular flexibility index (Phi) is 5.71. The van der Waals surface area contributed by atoms with Gasteiger partial charge in [-0.25, -0.2) is 10.0 Å². The molecule has 1 aliphatic heterocycles. The summed E-state index contributed by atoms with van der Waals surface area (Å²) in [5, 5.41) is 11.4. The van der Waals surface area contributed by atoms with Crippen LogP contribution < -0.4 is 10.1 Å². The highest BCUT2D eigenvalue weighted by Crippen LogP contribution is 2.19. The molecule has 1 heterocycles. The molecule has 1 amide bonds. The fourth-order valence-electron chi connectivity index (χ4n) is 2.51. The normalized spacial score (nSPS) is 16.2.